The number of nitrogens with one attached hydrogen (secondary N) is 3. The topological polar surface area (TPSA) is 114 Å². The van der Waals surface area contributed by atoms with Gasteiger partial charge < -0.3 is 20.1 Å². The molecular weight excluding hydrogens is 490 g/mol. The predicted molar refractivity (Wildman–Crippen MR) is 142 cm³/mol. The molecular formula is C27H25N5O4S. The summed E-state index contributed by atoms with van der Waals surface area (Å²) in [6.07, 6.45) is 1.22. The number of aryl methyl sites for hydroxylation is 1. The van der Waals surface area contributed by atoms with Crippen LogP contribution in [0.25, 0.3) is 10.6 Å². The Morgan fingerprint density at radius 1 is 0.919 bits per heavy atom. The lowest BCUT2D eigenvalue weighted by Crippen LogP contribution is -2.46. The molecule has 3 aromatic carbocycles. The van der Waals surface area contributed by atoms with E-state index in [-0.39, 0.29) is 6.79 Å². The Bertz CT molecular complexity index is 1390. The fourth-order valence-corrected chi connectivity index (χ4v) is 4.56. The van der Waals surface area contributed by atoms with Gasteiger partial charge in [0.1, 0.15) is 11.0 Å². The summed E-state index contributed by atoms with van der Waals surface area (Å²) in [6.45, 7) is 2.25. The highest BCUT2D eigenvalue weighted by atomic mass is 32.1. The lowest BCUT2D eigenvalue weighted by Gasteiger charge is -2.18. The molecule has 9 nitrogen and oxygen atoms in total. The first-order valence-corrected chi connectivity index (χ1v) is 12.6. The van der Waals surface area contributed by atoms with Crippen molar-refractivity contribution in [3.63, 3.8) is 0 Å². The van der Waals surface area contributed by atoms with E-state index in [0.29, 0.717) is 33.7 Å². The second-order valence-corrected chi connectivity index (χ2v) is 9.34. The normalized spacial score (nSPS) is 12.6. The van der Waals surface area contributed by atoms with Gasteiger partial charge in [0.25, 0.3) is 0 Å². The van der Waals surface area contributed by atoms with Gasteiger partial charge in [0.2, 0.25) is 17.8 Å². The van der Waals surface area contributed by atoms with Crippen LogP contribution in [0.2, 0.25) is 0 Å². The molecule has 0 unspecified atom stereocenters. The van der Waals surface area contributed by atoms with Gasteiger partial charge >= 0.3 is 6.03 Å². The summed E-state index contributed by atoms with van der Waals surface area (Å²) < 4.78 is 10.8. The molecule has 1 atom stereocenters. The van der Waals surface area contributed by atoms with Crippen LogP contribution in [0, 0.1) is 0 Å². The Kier molecular flexibility index (Phi) is 7.27. The molecule has 1 aliphatic rings. The minimum absolute atomic E-state index is 0.184. The molecule has 0 saturated carbocycles. The van der Waals surface area contributed by atoms with Crippen LogP contribution < -0.4 is 25.4 Å². The number of amides is 3. The van der Waals surface area contributed by atoms with Gasteiger partial charge in [-0.3, -0.25) is 10.1 Å². The van der Waals surface area contributed by atoms with Gasteiger partial charge in [0.15, 0.2) is 11.5 Å². The van der Waals surface area contributed by atoms with Crippen molar-refractivity contribution in [1.82, 2.24) is 15.5 Å². The van der Waals surface area contributed by atoms with Crippen LogP contribution in [0.15, 0.2) is 72.8 Å². The van der Waals surface area contributed by atoms with E-state index in [1.807, 2.05) is 72.8 Å². The number of fused-ring (bicyclic) bond motifs is 1. The molecule has 0 radical (unpaired) electrons. The number of aromatic nitrogens is 2. The molecule has 1 aliphatic heterocycles. The Hall–Kier alpha value is -4.44. The summed E-state index contributed by atoms with van der Waals surface area (Å²) in [4.78, 5) is 26.0. The van der Waals surface area contributed by atoms with Gasteiger partial charge in [-0.1, -0.05) is 60.7 Å². The molecule has 1 aromatic heterocycles. The maximum atomic E-state index is 13.2. The van der Waals surface area contributed by atoms with Gasteiger partial charge in [0, 0.05) is 17.7 Å². The standard InChI is InChI=1S/C27H25N5O4S/c1-2-17-8-11-20(12-9-17)28-26(34)29-21(14-18-6-4-3-5-7-18)24(33)30-27-32-31-25(37-27)19-10-13-22-23(15-19)36-16-35-22/h3-13,15,21H,2,14,16H2,1H3,(H2,28,29,34)(H,30,32,33)/t21-/m1/s1. The van der Waals surface area contributed by atoms with Crippen molar-refractivity contribution < 1.29 is 19.1 Å². The maximum absolute atomic E-state index is 13.2. The fraction of sp³-hybridized carbons (Fsp3) is 0.185. The third-order valence-corrected chi connectivity index (χ3v) is 6.69. The number of rotatable bonds is 8. The number of hydrogen-bond acceptors (Lipinski definition) is 7. The van der Waals surface area contributed by atoms with Gasteiger partial charge in [0.05, 0.1) is 0 Å². The van der Waals surface area contributed by atoms with Crippen molar-refractivity contribution >= 4 is 34.1 Å². The van der Waals surface area contributed by atoms with E-state index in [9.17, 15) is 9.59 Å². The third kappa shape index (κ3) is 6.04. The van der Waals surface area contributed by atoms with E-state index in [0.717, 1.165) is 17.5 Å². The summed E-state index contributed by atoms with van der Waals surface area (Å²) >= 11 is 1.23. The van der Waals surface area contributed by atoms with Crippen molar-refractivity contribution in [2.75, 3.05) is 17.4 Å². The second-order valence-electron chi connectivity index (χ2n) is 8.36. The number of urea groups is 1. The minimum Gasteiger partial charge on any atom is -0.454 e. The lowest BCUT2D eigenvalue weighted by atomic mass is 10.1. The molecule has 37 heavy (non-hydrogen) atoms. The smallest absolute Gasteiger partial charge is 0.319 e. The summed E-state index contributed by atoms with van der Waals surface area (Å²) in [5.41, 5.74) is 3.53. The van der Waals surface area contributed by atoms with Gasteiger partial charge in [-0.2, -0.15) is 0 Å². The van der Waals surface area contributed by atoms with Crippen LogP contribution in [-0.4, -0.2) is 35.0 Å². The highest BCUT2D eigenvalue weighted by Gasteiger charge is 2.23. The van der Waals surface area contributed by atoms with Crippen LogP contribution in [0.4, 0.5) is 15.6 Å². The quantitative estimate of drug-likeness (QED) is 0.309. The third-order valence-electron chi connectivity index (χ3n) is 5.80. The fourth-order valence-electron chi connectivity index (χ4n) is 3.82. The molecule has 0 aliphatic carbocycles. The molecule has 0 saturated heterocycles. The number of ether oxygens (including phenoxy) is 2. The van der Waals surface area contributed by atoms with Crippen molar-refractivity contribution in [1.29, 1.82) is 0 Å². The average molecular weight is 516 g/mol. The van der Waals surface area contributed by atoms with E-state index >= 15 is 0 Å². The molecule has 3 amide bonds. The first kappa shape index (κ1) is 24.3. The number of benzene rings is 3. The minimum atomic E-state index is -0.838. The van der Waals surface area contributed by atoms with Gasteiger partial charge in [-0.05, 0) is 47.9 Å². The van der Waals surface area contributed by atoms with Gasteiger partial charge in [-0.15, -0.1) is 10.2 Å². The van der Waals surface area contributed by atoms with Crippen LogP contribution >= 0.6 is 11.3 Å². The van der Waals surface area contributed by atoms with E-state index in [2.05, 4.69) is 33.1 Å². The summed E-state index contributed by atoms with van der Waals surface area (Å²) in [5.74, 6) is 0.922. The number of carbonyl (C=O) groups is 2. The number of anilines is 2. The van der Waals surface area contributed by atoms with Gasteiger partial charge in [-0.25, -0.2) is 4.79 Å². The molecule has 5 rings (SSSR count). The van der Waals surface area contributed by atoms with Crippen LogP contribution in [0.1, 0.15) is 18.1 Å². The largest absolute Gasteiger partial charge is 0.454 e. The molecule has 0 spiro atoms. The zero-order valence-electron chi connectivity index (χ0n) is 20.1. The Morgan fingerprint density at radius 3 is 2.49 bits per heavy atom. The zero-order valence-corrected chi connectivity index (χ0v) is 20.9. The van der Waals surface area contributed by atoms with Crippen molar-refractivity contribution in [2.45, 2.75) is 25.8 Å². The zero-order chi connectivity index (χ0) is 25.6. The molecule has 10 heteroatoms. The number of nitrogens with zero attached hydrogens (tertiary/aromatic N) is 2. The molecule has 2 heterocycles. The highest BCUT2D eigenvalue weighted by molar-refractivity contribution is 7.18. The Morgan fingerprint density at radius 2 is 1.70 bits per heavy atom. The first-order chi connectivity index (χ1) is 18.1. The van der Waals surface area contributed by atoms with Crippen molar-refractivity contribution in [2.24, 2.45) is 0 Å². The molecule has 0 bridgehead atoms. The SMILES string of the molecule is CCc1ccc(NC(=O)N[C@H](Cc2ccccc2)C(=O)Nc2nnc(-c3ccc4c(c3)OCO4)s2)cc1. The maximum Gasteiger partial charge on any atom is 0.319 e. The van der Waals surface area contributed by atoms with E-state index in [4.69, 9.17) is 9.47 Å². The summed E-state index contributed by atoms with van der Waals surface area (Å²) in [5, 5.41) is 17.6. The second kappa shape index (κ2) is 11.1. The number of carbonyl (C=O) groups excluding carboxylic acids is 2. The molecule has 3 N–H and O–H groups in total. The lowest BCUT2D eigenvalue weighted by molar-refractivity contribution is -0.117. The van der Waals surface area contributed by atoms with Crippen LogP contribution in [-0.2, 0) is 17.6 Å². The average Bonchev–Trinajstić information content (AvgIpc) is 3.58. The van der Waals surface area contributed by atoms with Crippen LogP contribution in [0.5, 0.6) is 11.5 Å². The Labute approximate surface area is 217 Å². The van der Waals surface area contributed by atoms with Crippen LogP contribution in [0.3, 0.4) is 0 Å². The summed E-state index contributed by atoms with van der Waals surface area (Å²) in [6, 6.07) is 21.3. The van der Waals surface area contributed by atoms with Crippen molar-refractivity contribution in [3.8, 4) is 22.1 Å². The molecule has 4 aromatic rings. The van der Waals surface area contributed by atoms with E-state index in [1.165, 1.54) is 16.9 Å². The predicted octanol–water partition coefficient (Wildman–Crippen LogP) is 4.87. The Balaban J connectivity index is 1.28. The van der Waals surface area contributed by atoms with E-state index < -0.39 is 18.0 Å². The monoisotopic (exact) mass is 515 g/mol. The number of hydrogen-bond donors (Lipinski definition) is 3. The molecule has 188 valence electrons. The molecule has 0 fully saturated rings. The van der Waals surface area contributed by atoms with Crippen molar-refractivity contribution in [3.05, 3.63) is 83.9 Å². The highest BCUT2D eigenvalue weighted by Crippen LogP contribution is 2.37. The van der Waals surface area contributed by atoms with E-state index in [1.54, 1.807) is 0 Å². The first-order valence-electron chi connectivity index (χ1n) is 11.8. The summed E-state index contributed by atoms with van der Waals surface area (Å²) in [7, 11) is 0.